The van der Waals surface area contributed by atoms with Crippen LogP contribution in [0.15, 0.2) is 24.3 Å². The lowest BCUT2D eigenvalue weighted by molar-refractivity contribution is 0.313. The van der Waals surface area contributed by atoms with Gasteiger partial charge in [0.1, 0.15) is 5.75 Å². The highest BCUT2D eigenvalue weighted by Crippen LogP contribution is 2.14. The van der Waals surface area contributed by atoms with Crippen LogP contribution in [0.25, 0.3) is 0 Å². The van der Waals surface area contributed by atoms with Crippen LogP contribution in [0.4, 0.5) is 5.69 Å². The molecule has 0 saturated heterocycles. The molecule has 1 aromatic rings. The first-order chi connectivity index (χ1) is 6.33. The smallest absolute Gasteiger partial charge is 0.121 e. The van der Waals surface area contributed by atoms with Crippen molar-refractivity contribution in [2.75, 3.05) is 12.3 Å². The lowest BCUT2D eigenvalue weighted by Crippen LogP contribution is -1.97. The van der Waals surface area contributed by atoms with E-state index in [4.69, 9.17) is 15.7 Å². The molecule has 0 atom stereocenters. The zero-order valence-corrected chi connectivity index (χ0v) is 7.36. The number of anilines is 1. The molecule has 0 aliphatic heterocycles. The molecule has 0 unspecified atom stereocenters. The van der Waals surface area contributed by atoms with E-state index in [9.17, 15) is 0 Å². The summed E-state index contributed by atoms with van der Waals surface area (Å²) in [6, 6.07) is 9.33. The van der Waals surface area contributed by atoms with Crippen molar-refractivity contribution in [3.8, 4) is 11.8 Å². The number of unbranched alkanes of at least 4 members (excludes halogenated alkanes) is 1. The fourth-order valence-electron chi connectivity index (χ4n) is 0.946. The van der Waals surface area contributed by atoms with Gasteiger partial charge in [0.2, 0.25) is 0 Å². The van der Waals surface area contributed by atoms with E-state index in [0.717, 1.165) is 12.2 Å². The van der Waals surface area contributed by atoms with Crippen molar-refractivity contribution in [2.24, 2.45) is 0 Å². The van der Waals surface area contributed by atoms with E-state index in [1.54, 1.807) is 6.07 Å². The molecule has 0 aliphatic rings. The van der Waals surface area contributed by atoms with Crippen molar-refractivity contribution in [1.29, 1.82) is 5.26 Å². The molecule has 0 aromatic heterocycles. The fourth-order valence-corrected chi connectivity index (χ4v) is 0.946. The average molecular weight is 176 g/mol. The van der Waals surface area contributed by atoms with Crippen LogP contribution in [0.1, 0.15) is 12.8 Å². The lowest BCUT2D eigenvalue weighted by atomic mass is 10.3. The highest BCUT2D eigenvalue weighted by atomic mass is 16.5. The van der Waals surface area contributed by atoms with Crippen molar-refractivity contribution in [3.05, 3.63) is 24.3 Å². The Balaban J connectivity index is 2.33. The summed E-state index contributed by atoms with van der Waals surface area (Å²) in [6.45, 7) is 0.566. The normalized spacial score (nSPS) is 9.15. The third-order valence-electron chi connectivity index (χ3n) is 1.56. The minimum absolute atomic E-state index is 0.530. The van der Waals surface area contributed by atoms with Gasteiger partial charge in [-0.15, -0.1) is 0 Å². The number of benzene rings is 1. The third-order valence-corrected chi connectivity index (χ3v) is 1.56. The minimum atomic E-state index is 0.530. The van der Waals surface area contributed by atoms with E-state index in [1.807, 2.05) is 18.2 Å². The van der Waals surface area contributed by atoms with Gasteiger partial charge in [0, 0.05) is 18.2 Å². The van der Waals surface area contributed by atoms with Crippen LogP contribution in [0.3, 0.4) is 0 Å². The number of hydrogen-bond acceptors (Lipinski definition) is 3. The number of nitrogen functional groups attached to an aromatic ring is 1. The maximum Gasteiger partial charge on any atom is 0.121 e. The Bertz CT molecular complexity index is 304. The summed E-state index contributed by atoms with van der Waals surface area (Å²) in [5.41, 5.74) is 6.25. The van der Waals surface area contributed by atoms with Gasteiger partial charge in [-0.2, -0.15) is 5.26 Å². The average Bonchev–Trinajstić information content (AvgIpc) is 2.13. The van der Waals surface area contributed by atoms with Crippen molar-refractivity contribution in [3.63, 3.8) is 0 Å². The van der Waals surface area contributed by atoms with Crippen LogP contribution in [-0.4, -0.2) is 6.61 Å². The Morgan fingerprint density at radius 1 is 1.46 bits per heavy atom. The summed E-state index contributed by atoms with van der Waals surface area (Å²) in [7, 11) is 0. The standard InChI is InChI=1S/C10H12N2O/c11-6-1-2-7-13-10-5-3-4-9(12)8-10/h3-5,8H,1-2,7,12H2. The number of rotatable bonds is 4. The molecule has 13 heavy (non-hydrogen) atoms. The van der Waals surface area contributed by atoms with Gasteiger partial charge in [0.05, 0.1) is 12.7 Å². The van der Waals surface area contributed by atoms with Gasteiger partial charge in [0.15, 0.2) is 0 Å². The number of nitriles is 1. The quantitative estimate of drug-likeness (QED) is 0.563. The predicted molar refractivity (Wildman–Crippen MR) is 51.2 cm³/mol. The van der Waals surface area contributed by atoms with E-state index < -0.39 is 0 Å². The first kappa shape index (κ1) is 9.40. The zero-order chi connectivity index (χ0) is 9.52. The van der Waals surface area contributed by atoms with Crippen molar-refractivity contribution < 1.29 is 4.74 Å². The van der Waals surface area contributed by atoms with Gasteiger partial charge in [-0.05, 0) is 18.6 Å². The zero-order valence-electron chi connectivity index (χ0n) is 7.36. The Labute approximate surface area is 77.7 Å². The molecule has 3 heteroatoms. The second-order valence-electron chi connectivity index (χ2n) is 2.68. The highest BCUT2D eigenvalue weighted by molar-refractivity contribution is 5.43. The van der Waals surface area contributed by atoms with Gasteiger partial charge in [-0.1, -0.05) is 6.07 Å². The van der Waals surface area contributed by atoms with Crippen LogP contribution in [0, 0.1) is 11.3 Å². The Morgan fingerprint density at radius 2 is 2.31 bits per heavy atom. The number of nitrogens with zero attached hydrogens (tertiary/aromatic N) is 1. The molecule has 0 aliphatic carbocycles. The monoisotopic (exact) mass is 176 g/mol. The fraction of sp³-hybridized carbons (Fsp3) is 0.300. The van der Waals surface area contributed by atoms with Crippen LogP contribution < -0.4 is 10.5 Å². The molecule has 2 N–H and O–H groups in total. The first-order valence-electron chi connectivity index (χ1n) is 4.18. The summed E-state index contributed by atoms with van der Waals surface area (Å²) >= 11 is 0. The van der Waals surface area contributed by atoms with Gasteiger partial charge in [-0.25, -0.2) is 0 Å². The second kappa shape index (κ2) is 5.04. The molecule has 0 amide bonds. The molecule has 3 nitrogen and oxygen atoms in total. The molecule has 0 heterocycles. The number of nitrogens with two attached hydrogens (primary N) is 1. The van der Waals surface area contributed by atoms with E-state index in [0.29, 0.717) is 18.7 Å². The van der Waals surface area contributed by atoms with Crippen LogP contribution in [0.5, 0.6) is 5.75 Å². The van der Waals surface area contributed by atoms with Gasteiger partial charge in [-0.3, -0.25) is 0 Å². The maximum absolute atomic E-state index is 8.28. The molecule has 0 spiro atoms. The van der Waals surface area contributed by atoms with Crippen LogP contribution >= 0.6 is 0 Å². The Hall–Kier alpha value is -1.69. The van der Waals surface area contributed by atoms with Crippen molar-refractivity contribution >= 4 is 5.69 Å². The molecule has 1 aromatic carbocycles. The Morgan fingerprint density at radius 3 is 3.00 bits per heavy atom. The van der Waals surface area contributed by atoms with E-state index in [-0.39, 0.29) is 0 Å². The summed E-state index contributed by atoms with van der Waals surface area (Å²) in [5.74, 6) is 0.762. The van der Waals surface area contributed by atoms with Crippen molar-refractivity contribution in [1.82, 2.24) is 0 Å². The third kappa shape index (κ3) is 3.48. The largest absolute Gasteiger partial charge is 0.493 e. The summed E-state index contributed by atoms with van der Waals surface area (Å²) < 4.78 is 5.36. The highest BCUT2D eigenvalue weighted by Gasteiger charge is 1.93. The molecule has 0 radical (unpaired) electrons. The molecule has 0 saturated carbocycles. The van der Waals surface area contributed by atoms with Gasteiger partial charge in [0.25, 0.3) is 0 Å². The predicted octanol–water partition coefficient (Wildman–Crippen LogP) is 1.95. The molecule has 0 bridgehead atoms. The van der Waals surface area contributed by atoms with E-state index in [2.05, 4.69) is 6.07 Å². The first-order valence-corrected chi connectivity index (χ1v) is 4.18. The molecular formula is C10H12N2O. The van der Waals surface area contributed by atoms with Gasteiger partial charge >= 0.3 is 0 Å². The number of ether oxygens (including phenoxy) is 1. The second-order valence-corrected chi connectivity index (χ2v) is 2.68. The molecular weight excluding hydrogens is 164 g/mol. The summed E-state index contributed by atoms with van der Waals surface area (Å²) in [4.78, 5) is 0. The summed E-state index contributed by atoms with van der Waals surface area (Å²) in [6.07, 6.45) is 1.29. The van der Waals surface area contributed by atoms with E-state index in [1.165, 1.54) is 0 Å². The lowest BCUT2D eigenvalue weighted by Gasteiger charge is -2.04. The SMILES string of the molecule is N#CCCCOc1cccc(N)c1. The number of hydrogen-bond donors (Lipinski definition) is 1. The van der Waals surface area contributed by atoms with Crippen LogP contribution in [-0.2, 0) is 0 Å². The topological polar surface area (TPSA) is 59.0 Å². The van der Waals surface area contributed by atoms with Crippen LogP contribution in [0.2, 0.25) is 0 Å². The van der Waals surface area contributed by atoms with E-state index >= 15 is 0 Å². The molecule has 68 valence electrons. The summed E-state index contributed by atoms with van der Waals surface area (Å²) in [5, 5.41) is 8.28. The molecule has 0 fully saturated rings. The maximum atomic E-state index is 8.28. The Kier molecular flexibility index (Phi) is 3.65. The van der Waals surface area contributed by atoms with Gasteiger partial charge < -0.3 is 10.5 Å². The minimum Gasteiger partial charge on any atom is -0.493 e. The molecule has 1 rings (SSSR count). The van der Waals surface area contributed by atoms with Crippen molar-refractivity contribution in [2.45, 2.75) is 12.8 Å².